The molecule has 1 N–H and O–H groups in total. The van der Waals surface area contributed by atoms with Crippen molar-refractivity contribution >= 4 is 22.5 Å². The van der Waals surface area contributed by atoms with Gasteiger partial charge in [0.2, 0.25) is 5.91 Å². The van der Waals surface area contributed by atoms with Crippen LogP contribution in [0, 0.1) is 5.92 Å². The number of nitrogens with one attached hydrogen (secondary N) is 1. The Bertz CT molecular complexity index is 796. The van der Waals surface area contributed by atoms with E-state index in [1.54, 1.807) is 6.20 Å². The number of amides is 1. The lowest BCUT2D eigenvalue weighted by Gasteiger charge is -2.22. The number of aromatic nitrogens is 5. The molecule has 0 bridgehead atoms. The molecule has 2 heterocycles. The zero-order chi connectivity index (χ0) is 16.2. The summed E-state index contributed by atoms with van der Waals surface area (Å²) in [6.45, 7) is 4.05. The average Bonchev–Trinajstić information content (AvgIpc) is 3.09. The molecule has 0 aliphatic heterocycles. The summed E-state index contributed by atoms with van der Waals surface area (Å²) in [5.41, 5.74) is 1.58. The molecule has 0 saturated carbocycles. The van der Waals surface area contributed by atoms with Crippen LogP contribution < -0.4 is 5.32 Å². The lowest BCUT2D eigenvalue weighted by atomic mass is 9.98. The highest BCUT2D eigenvalue weighted by molar-refractivity contribution is 6.02. The molecule has 118 valence electrons. The molecule has 23 heavy (non-hydrogen) atoms. The fourth-order valence-electron chi connectivity index (χ4n) is 2.58. The number of benzene rings is 1. The summed E-state index contributed by atoms with van der Waals surface area (Å²) in [7, 11) is 0. The van der Waals surface area contributed by atoms with Crippen LogP contribution in [0.5, 0.6) is 0 Å². The monoisotopic (exact) mass is 310 g/mol. The zero-order valence-corrected chi connectivity index (χ0v) is 13.0. The first-order valence-electron chi connectivity index (χ1n) is 7.57. The van der Waals surface area contributed by atoms with Gasteiger partial charge in [0.15, 0.2) is 0 Å². The standard InChI is InChI=1S/C16H18N6O/c1-3-11(2)15(22-10-18-20-21-22)16(23)19-14-8-4-7-13-12(14)6-5-9-17-13/h4-11,15H,3H2,1-2H3,(H,19,23)/t11-,15-/m0/s1. The Morgan fingerprint density at radius 1 is 1.30 bits per heavy atom. The van der Waals surface area contributed by atoms with E-state index >= 15 is 0 Å². The normalized spacial score (nSPS) is 13.7. The molecule has 0 radical (unpaired) electrons. The second-order valence-corrected chi connectivity index (χ2v) is 5.49. The van der Waals surface area contributed by atoms with Gasteiger partial charge in [-0.15, -0.1) is 5.10 Å². The van der Waals surface area contributed by atoms with Gasteiger partial charge in [0, 0.05) is 11.6 Å². The average molecular weight is 310 g/mol. The van der Waals surface area contributed by atoms with Gasteiger partial charge in [-0.2, -0.15) is 0 Å². The van der Waals surface area contributed by atoms with E-state index in [4.69, 9.17) is 0 Å². The second-order valence-electron chi connectivity index (χ2n) is 5.49. The van der Waals surface area contributed by atoms with Crippen LogP contribution >= 0.6 is 0 Å². The second kappa shape index (κ2) is 6.51. The van der Waals surface area contributed by atoms with Gasteiger partial charge in [-0.1, -0.05) is 26.3 Å². The van der Waals surface area contributed by atoms with Crippen molar-refractivity contribution in [1.29, 1.82) is 0 Å². The molecule has 2 aromatic heterocycles. The molecule has 3 rings (SSSR count). The summed E-state index contributed by atoms with van der Waals surface area (Å²) >= 11 is 0. The SMILES string of the molecule is CC[C@H](C)[C@@H](C(=O)Nc1cccc2ncccc12)n1cnnn1. The van der Waals surface area contributed by atoms with E-state index in [0.717, 1.165) is 23.0 Å². The van der Waals surface area contributed by atoms with E-state index in [9.17, 15) is 4.79 Å². The molecular formula is C16H18N6O. The predicted octanol–water partition coefficient (Wildman–Crippen LogP) is 2.45. The lowest BCUT2D eigenvalue weighted by Crippen LogP contribution is -2.31. The Morgan fingerprint density at radius 3 is 2.91 bits per heavy atom. The molecule has 0 saturated heterocycles. The number of carbonyl (C=O) groups excluding carboxylic acids is 1. The molecule has 7 heteroatoms. The number of pyridine rings is 1. The van der Waals surface area contributed by atoms with Crippen LogP contribution in [0.3, 0.4) is 0 Å². The van der Waals surface area contributed by atoms with Gasteiger partial charge >= 0.3 is 0 Å². The first-order chi connectivity index (χ1) is 11.2. The zero-order valence-electron chi connectivity index (χ0n) is 13.0. The topological polar surface area (TPSA) is 85.6 Å². The first-order valence-corrected chi connectivity index (χ1v) is 7.57. The summed E-state index contributed by atoms with van der Waals surface area (Å²) in [5.74, 6) is -0.0328. The molecule has 0 aliphatic rings. The molecule has 2 atom stereocenters. The maximum Gasteiger partial charge on any atom is 0.249 e. The highest BCUT2D eigenvalue weighted by atomic mass is 16.2. The van der Waals surface area contributed by atoms with E-state index in [1.165, 1.54) is 11.0 Å². The maximum atomic E-state index is 12.8. The summed E-state index contributed by atoms with van der Waals surface area (Å²) in [6, 6.07) is 8.99. The largest absolute Gasteiger partial charge is 0.324 e. The van der Waals surface area contributed by atoms with Crippen LogP contribution in [0.15, 0.2) is 42.9 Å². The van der Waals surface area contributed by atoms with Crippen LogP contribution in [-0.2, 0) is 4.79 Å². The third kappa shape index (κ3) is 3.03. The van der Waals surface area contributed by atoms with E-state index in [0.29, 0.717) is 0 Å². The van der Waals surface area contributed by atoms with E-state index < -0.39 is 6.04 Å². The van der Waals surface area contributed by atoms with Crippen molar-refractivity contribution in [2.45, 2.75) is 26.3 Å². The van der Waals surface area contributed by atoms with E-state index in [2.05, 4.69) is 25.8 Å². The van der Waals surface area contributed by atoms with Crippen molar-refractivity contribution in [2.24, 2.45) is 5.92 Å². The molecule has 7 nitrogen and oxygen atoms in total. The summed E-state index contributed by atoms with van der Waals surface area (Å²) < 4.78 is 1.51. The van der Waals surface area contributed by atoms with Crippen molar-refractivity contribution in [3.63, 3.8) is 0 Å². The molecule has 0 aliphatic carbocycles. The summed E-state index contributed by atoms with van der Waals surface area (Å²) in [4.78, 5) is 17.1. The number of fused-ring (bicyclic) bond motifs is 1. The molecule has 0 unspecified atom stereocenters. The summed E-state index contributed by atoms with van der Waals surface area (Å²) in [5, 5.41) is 15.1. The third-order valence-corrected chi connectivity index (χ3v) is 4.01. The highest BCUT2D eigenvalue weighted by Gasteiger charge is 2.27. The summed E-state index contributed by atoms with van der Waals surface area (Å²) in [6.07, 6.45) is 4.05. The maximum absolute atomic E-state index is 12.8. The van der Waals surface area contributed by atoms with E-state index in [-0.39, 0.29) is 11.8 Å². The predicted molar refractivity (Wildman–Crippen MR) is 86.7 cm³/mol. The van der Waals surface area contributed by atoms with Crippen molar-refractivity contribution in [1.82, 2.24) is 25.2 Å². The van der Waals surface area contributed by atoms with Crippen LogP contribution in [0.25, 0.3) is 10.9 Å². The number of hydrogen-bond acceptors (Lipinski definition) is 5. The molecule has 3 aromatic rings. The Balaban J connectivity index is 1.92. The fraction of sp³-hybridized carbons (Fsp3) is 0.312. The van der Waals surface area contributed by atoms with Gasteiger partial charge in [-0.3, -0.25) is 9.78 Å². The molecule has 1 amide bonds. The Hall–Kier alpha value is -2.83. The molecular weight excluding hydrogens is 292 g/mol. The van der Waals surface area contributed by atoms with Gasteiger partial charge in [-0.25, -0.2) is 4.68 Å². The van der Waals surface area contributed by atoms with Crippen LogP contribution in [0.2, 0.25) is 0 Å². The fourth-order valence-corrected chi connectivity index (χ4v) is 2.58. The van der Waals surface area contributed by atoms with Crippen LogP contribution in [0.1, 0.15) is 26.3 Å². The van der Waals surface area contributed by atoms with Crippen LogP contribution in [0.4, 0.5) is 5.69 Å². The quantitative estimate of drug-likeness (QED) is 0.782. The number of carbonyl (C=O) groups is 1. The first kappa shape index (κ1) is 15.1. The van der Waals surface area contributed by atoms with E-state index in [1.807, 2.05) is 44.2 Å². The molecule has 0 fully saturated rings. The van der Waals surface area contributed by atoms with Crippen LogP contribution in [-0.4, -0.2) is 31.1 Å². The van der Waals surface area contributed by atoms with Gasteiger partial charge in [0.05, 0.1) is 11.2 Å². The number of hydrogen-bond donors (Lipinski definition) is 1. The minimum Gasteiger partial charge on any atom is -0.324 e. The van der Waals surface area contributed by atoms with Gasteiger partial charge in [-0.05, 0) is 40.6 Å². The van der Waals surface area contributed by atoms with Gasteiger partial charge in [0.1, 0.15) is 12.4 Å². The smallest absolute Gasteiger partial charge is 0.249 e. The lowest BCUT2D eigenvalue weighted by molar-refractivity contribution is -0.121. The number of tetrazole rings is 1. The minimum atomic E-state index is -0.457. The molecule has 0 spiro atoms. The van der Waals surface area contributed by atoms with Gasteiger partial charge < -0.3 is 5.32 Å². The highest BCUT2D eigenvalue weighted by Crippen LogP contribution is 2.25. The number of anilines is 1. The van der Waals surface area contributed by atoms with Gasteiger partial charge in [0.25, 0.3) is 0 Å². The molecule has 1 aromatic carbocycles. The Morgan fingerprint density at radius 2 is 2.17 bits per heavy atom. The van der Waals surface area contributed by atoms with Crippen molar-refractivity contribution in [2.75, 3.05) is 5.32 Å². The number of nitrogens with zero attached hydrogens (tertiary/aromatic N) is 5. The van der Waals surface area contributed by atoms with Crippen molar-refractivity contribution < 1.29 is 4.79 Å². The Labute approximate surface area is 133 Å². The van der Waals surface area contributed by atoms with Crippen molar-refractivity contribution in [3.05, 3.63) is 42.9 Å². The number of rotatable bonds is 5. The Kier molecular flexibility index (Phi) is 4.27. The van der Waals surface area contributed by atoms with Crippen molar-refractivity contribution in [3.8, 4) is 0 Å². The minimum absolute atomic E-state index is 0.103. The third-order valence-electron chi connectivity index (χ3n) is 4.01.